The maximum Gasteiger partial charge on any atom is 0.325 e. The number of nitrogens with two attached hydrogens (primary N) is 1. The van der Waals surface area contributed by atoms with E-state index in [9.17, 15) is 13.2 Å². The highest BCUT2D eigenvalue weighted by Gasteiger charge is 2.14. The van der Waals surface area contributed by atoms with Crippen LogP contribution in [0.15, 0.2) is 23.2 Å². The van der Waals surface area contributed by atoms with Crippen molar-refractivity contribution in [2.75, 3.05) is 25.1 Å². The van der Waals surface area contributed by atoms with Crippen LogP contribution in [0.5, 0.6) is 0 Å². The molecule has 0 atom stereocenters. The quantitative estimate of drug-likeness (QED) is 0.745. The second kappa shape index (κ2) is 6.48. The monoisotopic (exact) mass is 287 g/mol. The molecule has 0 spiro atoms. The molecule has 1 aromatic heterocycles. The molecule has 8 heteroatoms. The Kier molecular flexibility index (Phi) is 5.25. The molecule has 0 saturated carbocycles. The summed E-state index contributed by atoms with van der Waals surface area (Å²) in [6.07, 6.45) is 1.99. The molecule has 1 heterocycles. The van der Waals surface area contributed by atoms with Crippen molar-refractivity contribution in [3.63, 3.8) is 0 Å². The Hall–Kier alpha value is -1.67. The number of carbonyl (C=O) groups is 1. The number of primary sulfonamides is 1. The molecule has 0 bridgehead atoms. The predicted octanol–water partition coefficient (Wildman–Crippen LogP) is 0.118. The minimum Gasteiger partial charge on any atom is -0.468 e. The average Bonchev–Trinajstić information content (AvgIpc) is 2.37. The molecular formula is C11H17N3O4S. The Morgan fingerprint density at radius 1 is 1.47 bits per heavy atom. The van der Waals surface area contributed by atoms with E-state index in [-0.39, 0.29) is 17.4 Å². The SMILES string of the molecule is CCCN(CC(=O)OC)c1ccc(S(N)(=O)=O)cn1. The largest absolute Gasteiger partial charge is 0.468 e. The molecule has 0 amide bonds. The van der Waals surface area contributed by atoms with Gasteiger partial charge in [0.2, 0.25) is 10.0 Å². The first-order valence-electron chi connectivity index (χ1n) is 5.69. The van der Waals surface area contributed by atoms with E-state index in [2.05, 4.69) is 9.72 Å². The summed E-state index contributed by atoms with van der Waals surface area (Å²) in [5.74, 6) is 0.116. The highest BCUT2D eigenvalue weighted by Crippen LogP contribution is 2.14. The second-order valence-electron chi connectivity index (χ2n) is 3.89. The van der Waals surface area contributed by atoms with Crippen molar-refractivity contribution in [3.05, 3.63) is 18.3 Å². The third-order valence-corrected chi connectivity index (χ3v) is 3.31. The highest BCUT2D eigenvalue weighted by atomic mass is 32.2. The number of methoxy groups -OCH3 is 1. The zero-order valence-corrected chi connectivity index (χ0v) is 11.7. The molecular weight excluding hydrogens is 270 g/mol. The number of aromatic nitrogens is 1. The van der Waals surface area contributed by atoms with Crippen LogP contribution in [0.4, 0.5) is 5.82 Å². The van der Waals surface area contributed by atoms with E-state index < -0.39 is 10.0 Å². The molecule has 0 saturated heterocycles. The van der Waals surface area contributed by atoms with Crippen molar-refractivity contribution < 1.29 is 17.9 Å². The lowest BCUT2D eigenvalue weighted by molar-refractivity contribution is -0.138. The Bertz CT molecular complexity index is 527. The molecule has 2 N–H and O–H groups in total. The fourth-order valence-electron chi connectivity index (χ4n) is 1.49. The van der Waals surface area contributed by atoms with Crippen LogP contribution in [0.25, 0.3) is 0 Å². The van der Waals surface area contributed by atoms with Crippen LogP contribution >= 0.6 is 0 Å². The lowest BCUT2D eigenvalue weighted by Crippen LogP contribution is -2.32. The zero-order chi connectivity index (χ0) is 14.5. The van der Waals surface area contributed by atoms with Crippen LogP contribution in [0.2, 0.25) is 0 Å². The lowest BCUT2D eigenvalue weighted by Gasteiger charge is -2.21. The molecule has 0 fully saturated rings. The Morgan fingerprint density at radius 2 is 2.16 bits per heavy atom. The van der Waals surface area contributed by atoms with Gasteiger partial charge in [-0.15, -0.1) is 0 Å². The number of carbonyl (C=O) groups excluding carboxylic acids is 1. The van der Waals surface area contributed by atoms with Gasteiger partial charge in [0.15, 0.2) is 0 Å². The fourth-order valence-corrected chi connectivity index (χ4v) is 1.95. The summed E-state index contributed by atoms with van der Waals surface area (Å²) >= 11 is 0. The van der Waals surface area contributed by atoms with E-state index >= 15 is 0 Å². The molecule has 0 aliphatic carbocycles. The first-order valence-corrected chi connectivity index (χ1v) is 7.23. The summed E-state index contributed by atoms with van der Waals surface area (Å²) in [7, 11) is -2.45. The summed E-state index contributed by atoms with van der Waals surface area (Å²) in [6.45, 7) is 2.63. The zero-order valence-electron chi connectivity index (χ0n) is 10.9. The Morgan fingerprint density at radius 3 is 2.58 bits per heavy atom. The van der Waals surface area contributed by atoms with E-state index in [1.807, 2.05) is 6.92 Å². The lowest BCUT2D eigenvalue weighted by atomic mass is 10.3. The summed E-state index contributed by atoms with van der Waals surface area (Å²) in [5, 5.41) is 4.99. The van der Waals surface area contributed by atoms with Crippen molar-refractivity contribution >= 4 is 21.8 Å². The molecule has 0 aliphatic rings. The molecule has 19 heavy (non-hydrogen) atoms. The maximum absolute atomic E-state index is 11.3. The standard InChI is InChI=1S/C11H17N3O4S/c1-3-6-14(8-11(15)18-2)10-5-4-9(7-13-10)19(12,16)17/h4-5,7H,3,6,8H2,1-2H3,(H2,12,16,17). The Labute approximate surface area is 112 Å². The van der Waals surface area contributed by atoms with Crippen molar-refractivity contribution in [1.82, 2.24) is 4.98 Å². The molecule has 0 radical (unpaired) electrons. The number of pyridine rings is 1. The van der Waals surface area contributed by atoms with Crippen LogP contribution in [-0.2, 0) is 19.6 Å². The first-order chi connectivity index (χ1) is 8.88. The molecule has 0 aliphatic heterocycles. The summed E-state index contributed by atoms with van der Waals surface area (Å²) in [5.41, 5.74) is 0. The molecule has 7 nitrogen and oxygen atoms in total. The number of hydrogen-bond donors (Lipinski definition) is 1. The van der Waals surface area contributed by atoms with Crippen LogP contribution in [0, 0.1) is 0 Å². The van der Waals surface area contributed by atoms with Crippen LogP contribution < -0.4 is 10.0 Å². The number of rotatable bonds is 6. The Balaban J connectivity index is 2.94. The maximum atomic E-state index is 11.3. The van der Waals surface area contributed by atoms with Gasteiger partial charge < -0.3 is 9.64 Å². The molecule has 0 aromatic carbocycles. The van der Waals surface area contributed by atoms with Crippen LogP contribution in [0.3, 0.4) is 0 Å². The van der Waals surface area contributed by atoms with Gasteiger partial charge in [-0.25, -0.2) is 18.5 Å². The number of esters is 1. The minimum absolute atomic E-state index is 0.0616. The third-order valence-electron chi connectivity index (χ3n) is 2.41. The van der Waals surface area contributed by atoms with Crippen molar-refractivity contribution in [1.29, 1.82) is 0 Å². The van der Waals surface area contributed by atoms with E-state index in [4.69, 9.17) is 5.14 Å². The first kappa shape index (κ1) is 15.4. The van der Waals surface area contributed by atoms with Gasteiger partial charge in [-0.05, 0) is 18.6 Å². The smallest absolute Gasteiger partial charge is 0.325 e. The van der Waals surface area contributed by atoms with Crippen molar-refractivity contribution in [2.45, 2.75) is 18.2 Å². The molecule has 1 rings (SSSR count). The molecule has 0 unspecified atom stereocenters. The number of anilines is 1. The summed E-state index contributed by atoms with van der Waals surface area (Å²) in [4.78, 5) is 16.9. The topological polar surface area (TPSA) is 103 Å². The second-order valence-corrected chi connectivity index (χ2v) is 5.46. The minimum atomic E-state index is -3.76. The number of nitrogens with zero attached hydrogens (tertiary/aromatic N) is 2. The van der Waals surface area contributed by atoms with Gasteiger partial charge in [-0.3, -0.25) is 4.79 Å². The van der Waals surface area contributed by atoms with Crippen LogP contribution in [-0.4, -0.2) is 39.6 Å². The average molecular weight is 287 g/mol. The van der Waals surface area contributed by atoms with Gasteiger partial charge in [0.1, 0.15) is 17.3 Å². The van der Waals surface area contributed by atoms with E-state index in [1.165, 1.54) is 25.4 Å². The van der Waals surface area contributed by atoms with E-state index in [0.717, 1.165) is 6.42 Å². The molecule has 1 aromatic rings. The normalized spacial score (nSPS) is 11.1. The van der Waals surface area contributed by atoms with Gasteiger partial charge >= 0.3 is 5.97 Å². The van der Waals surface area contributed by atoms with Crippen LogP contribution in [0.1, 0.15) is 13.3 Å². The number of sulfonamides is 1. The van der Waals surface area contributed by atoms with Crippen molar-refractivity contribution in [3.8, 4) is 0 Å². The summed E-state index contributed by atoms with van der Waals surface area (Å²) in [6, 6.07) is 2.87. The van der Waals surface area contributed by atoms with E-state index in [1.54, 1.807) is 4.90 Å². The summed E-state index contributed by atoms with van der Waals surface area (Å²) < 4.78 is 26.8. The van der Waals surface area contributed by atoms with Gasteiger partial charge in [0, 0.05) is 12.7 Å². The van der Waals surface area contributed by atoms with Gasteiger partial charge in [0.25, 0.3) is 0 Å². The van der Waals surface area contributed by atoms with E-state index in [0.29, 0.717) is 12.4 Å². The van der Waals surface area contributed by atoms with Gasteiger partial charge in [-0.1, -0.05) is 6.92 Å². The van der Waals surface area contributed by atoms with Gasteiger partial charge in [0.05, 0.1) is 7.11 Å². The molecule has 106 valence electrons. The highest BCUT2D eigenvalue weighted by molar-refractivity contribution is 7.89. The van der Waals surface area contributed by atoms with Gasteiger partial charge in [-0.2, -0.15) is 0 Å². The number of hydrogen-bond acceptors (Lipinski definition) is 6. The fraction of sp³-hybridized carbons (Fsp3) is 0.455. The van der Waals surface area contributed by atoms with Crippen molar-refractivity contribution in [2.24, 2.45) is 5.14 Å². The predicted molar refractivity (Wildman–Crippen MR) is 70.1 cm³/mol. The third kappa shape index (κ3) is 4.49. The number of ether oxygens (including phenoxy) is 1.